The minimum absolute atomic E-state index is 0.314. The summed E-state index contributed by atoms with van der Waals surface area (Å²) < 4.78 is 6.52. The van der Waals surface area contributed by atoms with Gasteiger partial charge in [-0.3, -0.25) is 0 Å². The molecule has 1 fully saturated rings. The first-order valence-electron chi connectivity index (χ1n) is 5.49. The topological polar surface area (TPSA) is 24.5 Å². The smallest absolute Gasteiger partial charge is 0.0931 e. The van der Waals surface area contributed by atoms with Gasteiger partial charge in [-0.1, -0.05) is 11.6 Å². The Morgan fingerprint density at radius 3 is 3.19 bits per heavy atom. The van der Waals surface area contributed by atoms with Crippen LogP contribution in [0.3, 0.4) is 0 Å². The van der Waals surface area contributed by atoms with Crippen LogP contribution in [0.2, 0.25) is 4.34 Å². The van der Waals surface area contributed by atoms with Crippen molar-refractivity contribution >= 4 is 22.9 Å². The third-order valence-electron chi connectivity index (χ3n) is 2.64. The lowest BCUT2D eigenvalue weighted by Gasteiger charge is -2.30. The summed E-state index contributed by atoms with van der Waals surface area (Å²) in [7, 11) is 2.13. The molecule has 0 unspecified atom stereocenters. The van der Waals surface area contributed by atoms with Crippen molar-refractivity contribution in [2.24, 2.45) is 0 Å². The van der Waals surface area contributed by atoms with E-state index in [4.69, 9.17) is 16.3 Å². The number of morpholine rings is 1. The van der Waals surface area contributed by atoms with Gasteiger partial charge in [0.15, 0.2) is 0 Å². The average Bonchev–Trinajstić information content (AvgIpc) is 2.64. The fourth-order valence-electron chi connectivity index (χ4n) is 1.79. The van der Waals surface area contributed by atoms with Crippen LogP contribution in [0, 0.1) is 0 Å². The molecule has 0 radical (unpaired) electrons. The van der Waals surface area contributed by atoms with Gasteiger partial charge < -0.3 is 15.0 Å². The normalized spacial score (nSPS) is 22.5. The molecule has 1 aliphatic rings. The standard InChI is InChI=1S/C11H17ClN2OS/c1-14-4-5-15-9(8-14)6-13-7-10-2-3-11(12)16-10/h2-3,9,13H,4-8H2,1H3/t9-/m1/s1. The number of hydrogen-bond acceptors (Lipinski definition) is 4. The van der Waals surface area contributed by atoms with Crippen molar-refractivity contribution in [1.82, 2.24) is 10.2 Å². The van der Waals surface area contributed by atoms with E-state index in [0.717, 1.165) is 37.1 Å². The maximum Gasteiger partial charge on any atom is 0.0931 e. The van der Waals surface area contributed by atoms with Gasteiger partial charge in [0.1, 0.15) is 0 Å². The number of nitrogens with zero attached hydrogens (tertiary/aromatic N) is 1. The highest BCUT2D eigenvalue weighted by molar-refractivity contribution is 7.16. The SMILES string of the molecule is CN1CCO[C@H](CNCc2ccc(Cl)s2)C1. The summed E-state index contributed by atoms with van der Waals surface area (Å²) >= 11 is 7.49. The number of hydrogen-bond donors (Lipinski definition) is 1. The third kappa shape index (κ3) is 3.71. The van der Waals surface area contributed by atoms with Crippen LogP contribution in [0.1, 0.15) is 4.88 Å². The van der Waals surface area contributed by atoms with Crippen LogP contribution in [0.15, 0.2) is 12.1 Å². The molecule has 1 N–H and O–H groups in total. The van der Waals surface area contributed by atoms with E-state index in [0.29, 0.717) is 6.10 Å². The molecule has 1 atom stereocenters. The summed E-state index contributed by atoms with van der Waals surface area (Å²) in [6, 6.07) is 4.00. The maximum atomic E-state index is 5.87. The number of halogens is 1. The zero-order chi connectivity index (χ0) is 11.4. The van der Waals surface area contributed by atoms with Crippen molar-refractivity contribution < 1.29 is 4.74 Å². The highest BCUT2D eigenvalue weighted by Gasteiger charge is 2.16. The van der Waals surface area contributed by atoms with E-state index < -0.39 is 0 Å². The Kier molecular flexibility index (Phi) is 4.61. The largest absolute Gasteiger partial charge is 0.374 e. The number of likely N-dealkylation sites (N-methyl/N-ethyl adjacent to an activating group) is 1. The van der Waals surface area contributed by atoms with Crippen molar-refractivity contribution in [3.8, 4) is 0 Å². The van der Waals surface area contributed by atoms with E-state index in [9.17, 15) is 0 Å². The maximum absolute atomic E-state index is 5.87. The summed E-state index contributed by atoms with van der Waals surface area (Å²) in [5.74, 6) is 0. The van der Waals surface area contributed by atoms with Crippen molar-refractivity contribution in [3.05, 3.63) is 21.3 Å². The fourth-order valence-corrected chi connectivity index (χ4v) is 2.85. The van der Waals surface area contributed by atoms with Crippen LogP contribution in [-0.2, 0) is 11.3 Å². The predicted octanol–water partition coefficient (Wildman–Crippen LogP) is 1.82. The molecule has 0 aliphatic carbocycles. The van der Waals surface area contributed by atoms with E-state index in [2.05, 4.69) is 23.3 Å². The van der Waals surface area contributed by atoms with Crippen LogP contribution >= 0.6 is 22.9 Å². The summed E-state index contributed by atoms with van der Waals surface area (Å²) in [6.07, 6.45) is 0.314. The van der Waals surface area contributed by atoms with Gasteiger partial charge in [-0.2, -0.15) is 0 Å². The molecule has 16 heavy (non-hydrogen) atoms. The number of thiophene rings is 1. The van der Waals surface area contributed by atoms with Gasteiger partial charge in [0.25, 0.3) is 0 Å². The second-order valence-corrected chi connectivity index (χ2v) is 5.89. The third-order valence-corrected chi connectivity index (χ3v) is 3.87. The molecule has 90 valence electrons. The minimum atomic E-state index is 0.314. The van der Waals surface area contributed by atoms with Gasteiger partial charge in [0.2, 0.25) is 0 Å². The Morgan fingerprint density at radius 2 is 2.50 bits per heavy atom. The Hall–Kier alpha value is -0.130. The molecule has 0 amide bonds. The minimum Gasteiger partial charge on any atom is -0.374 e. The van der Waals surface area contributed by atoms with Crippen molar-refractivity contribution in [2.45, 2.75) is 12.6 Å². The van der Waals surface area contributed by atoms with Crippen molar-refractivity contribution in [1.29, 1.82) is 0 Å². The van der Waals surface area contributed by atoms with Crippen LogP contribution < -0.4 is 5.32 Å². The van der Waals surface area contributed by atoms with E-state index in [1.807, 2.05) is 6.07 Å². The van der Waals surface area contributed by atoms with E-state index in [1.165, 1.54) is 4.88 Å². The number of ether oxygens (including phenoxy) is 1. The van der Waals surface area contributed by atoms with Crippen LogP contribution in [0.4, 0.5) is 0 Å². The predicted molar refractivity (Wildman–Crippen MR) is 68.3 cm³/mol. The Morgan fingerprint density at radius 1 is 1.62 bits per heavy atom. The van der Waals surface area contributed by atoms with Crippen molar-refractivity contribution in [3.63, 3.8) is 0 Å². The fraction of sp³-hybridized carbons (Fsp3) is 0.636. The molecule has 1 aromatic rings. The van der Waals surface area contributed by atoms with Crippen LogP contribution in [-0.4, -0.2) is 44.3 Å². The lowest BCUT2D eigenvalue weighted by Crippen LogP contribution is -2.44. The average molecular weight is 261 g/mol. The Bertz CT molecular complexity index is 332. The quantitative estimate of drug-likeness (QED) is 0.894. The van der Waals surface area contributed by atoms with Gasteiger partial charge in [0, 0.05) is 31.1 Å². The van der Waals surface area contributed by atoms with Gasteiger partial charge in [-0.15, -0.1) is 11.3 Å². The monoisotopic (exact) mass is 260 g/mol. The van der Waals surface area contributed by atoms with Gasteiger partial charge in [-0.25, -0.2) is 0 Å². The number of nitrogens with one attached hydrogen (secondary N) is 1. The van der Waals surface area contributed by atoms with E-state index in [-0.39, 0.29) is 0 Å². The molecule has 1 aliphatic heterocycles. The molecular formula is C11H17ClN2OS. The van der Waals surface area contributed by atoms with Gasteiger partial charge in [0.05, 0.1) is 17.0 Å². The van der Waals surface area contributed by atoms with Crippen LogP contribution in [0.25, 0.3) is 0 Å². The van der Waals surface area contributed by atoms with E-state index in [1.54, 1.807) is 11.3 Å². The molecule has 2 heterocycles. The molecule has 0 saturated carbocycles. The summed E-state index contributed by atoms with van der Waals surface area (Å²) in [4.78, 5) is 3.58. The van der Waals surface area contributed by atoms with Gasteiger partial charge >= 0.3 is 0 Å². The number of rotatable bonds is 4. The molecule has 1 saturated heterocycles. The zero-order valence-corrected chi connectivity index (χ0v) is 11.0. The molecule has 0 bridgehead atoms. The second-order valence-electron chi connectivity index (χ2n) is 4.09. The zero-order valence-electron chi connectivity index (χ0n) is 9.41. The van der Waals surface area contributed by atoms with E-state index >= 15 is 0 Å². The second kappa shape index (κ2) is 5.98. The first-order valence-corrected chi connectivity index (χ1v) is 6.68. The van der Waals surface area contributed by atoms with Crippen molar-refractivity contribution in [2.75, 3.05) is 33.3 Å². The molecule has 5 heteroatoms. The molecular weight excluding hydrogens is 244 g/mol. The lowest BCUT2D eigenvalue weighted by molar-refractivity contribution is -0.0181. The summed E-state index contributed by atoms with van der Waals surface area (Å²) in [5, 5.41) is 3.41. The molecule has 1 aromatic heterocycles. The van der Waals surface area contributed by atoms with Gasteiger partial charge in [-0.05, 0) is 19.2 Å². The highest BCUT2D eigenvalue weighted by Crippen LogP contribution is 2.20. The molecule has 2 rings (SSSR count). The highest BCUT2D eigenvalue weighted by atomic mass is 35.5. The summed E-state index contributed by atoms with van der Waals surface area (Å²) in [5.41, 5.74) is 0. The molecule has 0 aromatic carbocycles. The summed E-state index contributed by atoms with van der Waals surface area (Å²) in [6.45, 7) is 4.67. The first-order chi connectivity index (χ1) is 7.74. The molecule has 0 spiro atoms. The van der Waals surface area contributed by atoms with Crippen LogP contribution in [0.5, 0.6) is 0 Å². The Balaban J connectivity index is 1.67. The molecule has 3 nitrogen and oxygen atoms in total. The Labute approximate surface area is 105 Å². The lowest BCUT2D eigenvalue weighted by atomic mass is 10.3. The first kappa shape index (κ1) is 12.3.